The van der Waals surface area contributed by atoms with Gasteiger partial charge in [-0.25, -0.2) is 4.79 Å². The SMILES string of the molecule is CC(C)CC(NC(=O)C(N)CCCCN)C(=O)NC(C(=O)NC(CCCCN)C(=O)O)C(C)O. The molecule has 0 aromatic carbocycles. The molecule has 0 saturated heterocycles. The fraction of sp³-hybridized carbons (Fsp3) is 0.818. The number of nitrogens with two attached hydrogens (primary N) is 3. The number of carboxylic acids is 1. The average Bonchev–Trinajstić information content (AvgIpc) is 2.75. The monoisotopic (exact) mass is 488 g/mol. The lowest BCUT2D eigenvalue weighted by Crippen LogP contribution is -2.60. The number of hydrogen-bond acceptors (Lipinski definition) is 8. The highest BCUT2D eigenvalue weighted by atomic mass is 16.4. The molecule has 0 aliphatic carbocycles. The second kappa shape index (κ2) is 17.2. The molecule has 0 saturated carbocycles. The van der Waals surface area contributed by atoms with Crippen molar-refractivity contribution in [3.05, 3.63) is 0 Å². The van der Waals surface area contributed by atoms with Crippen LogP contribution in [-0.4, -0.2) is 77.3 Å². The number of amides is 3. The van der Waals surface area contributed by atoms with E-state index in [0.29, 0.717) is 38.8 Å². The van der Waals surface area contributed by atoms with E-state index in [1.165, 1.54) is 6.92 Å². The zero-order valence-electron chi connectivity index (χ0n) is 20.6. The van der Waals surface area contributed by atoms with Gasteiger partial charge in [-0.1, -0.05) is 20.3 Å². The Morgan fingerprint density at radius 1 is 0.765 bits per heavy atom. The van der Waals surface area contributed by atoms with Crippen molar-refractivity contribution in [1.29, 1.82) is 0 Å². The Bertz CT molecular complexity index is 645. The van der Waals surface area contributed by atoms with E-state index < -0.39 is 54.0 Å². The second-order valence-corrected chi connectivity index (χ2v) is 8.99. The number of carboxylic acid groups (broad SMARTS) is 1. The summed E-state index contributed by atoms with van der Waals surface area (Å²) in [5.74, 6) is -3.21. The zero-order chi connectivity index (χ0) is 26.3. The lowest BCUT2D eigenvalue weighted by Gasteiger charge is -2.27. The van der Waals surface area contributed by atoms with Crippen LogP contribution in [0.4, 0.5) is 0 Å². The molecule has 12 heteroatoms. The minimum atomic E-state index is -1.41. The molecule has 198 valence electrons. The van der Waals surface area contributed by atoms with Gasteiger partial charge >= 0.3 is 5.97 Å². The third-order valence-corrected chi connectivity index (χ3v) is 5.27. The van der Waals surface area contributed by atoms with Crippen molar-refractivity contribution >= 4 is 23.7 Å². The van der Waals surface area contributed by atoms with E-state index in [1.807, 2.05) is 13.8 Å². The Hall–Kier alpha value is -2.28. The highest BCUT2D eigenvalue weighted by Gasteiger charge is 2.32. The van der Waals surface area contributed by atoms with E-state index in [-0.39, 0.29) is 18.8 Å². The fourth-order valence-corrected chi connectivity index (χ4v) is 3.29. The maximum absolute atomic E-state index is 12.9. The van der Waals surface area contributed by atoms with E-state index in [0.717, 1.165) is 6.42 Å². The van der Waals surface area contributed by atoms with Crippen LogP contribution in [0.15, 0.2) is 0 Å². The zero-order valence-corrected chi connectivity index (χ0v) is 20.6. The Morgan fingerprint density at radius 3 is 1.76 bits per heavy atom. The van der Waals surface area contributed by atoms with Gasteiger partial charge in [0, 0.05) is 0 Å². The molecule has 0 radical (unpaired) electrons. The van der Waals surface area contributed by atoms with Gasteiger partial charge in [0.25, 0.3) is 0 Å². The summed E-state index contributed by atoms with van der Waals surface area (Å²) in [5.41, 5.74) is 16.8. The van der Waals surface area contributed by atoms with Gasteiger partial charge in [-0.2, -0.15) is 0 Å². The molecule has 0 heterocycles. The molecular weight excluding hydrogens is 444 g/mol. The van der Waals surface area contributed by atoms with Crippen LogP contribution in [0.25, 0.3) is 0 Å². The van der Waals surface area contributed by atoms with Crippen LogP contribution in [0.5, 0.6) is 0 Å². The first kappa shape index (κ1) is 31.7. The molecule has 3 amide bonds. The van der Waals surface area contributed by atoms with Gasteiger partial charge in [-0.3, -0.25) is 14.4 Å². The lowest BCUT2D eigenvalue weighted by atomic mass is 10.0. The van der Waals surface area contributed by atoms with Crippen LogP contribution in [0.1, 0.15) is 65.7 Å². The predicted molar refractivity (Wildman–Crippen MR) is 128 cm³/mol. The Kier molecular flexibility index (Phi) is 16.0. The first-order valence-electron chi connectivity index (χ1n) is 11.9. The summed E-state index contributed by atoms with van der Waals surface area (Å²) in [4.78, 5) is 49.6. The molecular formula is C22H44N6O6. The highest BCUT2D eigenvalue weighted by Crippen LogP contribution is 2.08. The van der Waals surface area contributed by atoms with Gasteiger partial charge in [0.1, 0.15) is 18.1 Å². The van der Waals surface area contributed by atoms with Crippen molar-refractivity contribution in [2.75, 3.05) is 13.1 Å². The summed E-state index contributed by atoms with van der Waals surface area (Å²) in [5, 5.41) is 26.9. The number of carbonyl (C=O) groups is 4. The summed E-state index contributed by atoms with van der Waals surface area (Å²) in [6.07, 6.45) is 2.03. The lowest BCUT2D eigenvalue weighted by molar-refractivity contribution is -0.143. The number of rotatable bonds is 18. The van der Waals surface area contributed by atoms with E-state index in [2.05, 4.69) is 16.0 Å². The van der Waals surface area contributed by atoms with Crippen LogP contribution in [-0.2, 0) is 19.2 Å². The summed E-state index contributed by atoms with van der Waals surface area (Å²) in [6.45, 7) is 5.92. The van der Waals surface area contributed by atoms with Crippen LogP contribution < -0.4 is 33.2 Å². The van der Waals surface area contributed by atoms with Crippen LogP contribution in [0.2, 0.25) is 0 Å². The van der Waals surface area contributed by atoms with Crippen molar-refractivity contribution in [3.8, 4) is 0 Å². The molecule has 0 fully saturated rings. The third kappa shape index (κ3) is 12.8. The molecule has 0 aromatic rings. The second-order valence-electron chi connectivity index (χ2n) is 8.99. The topological polar surface area (TPSA) is 223 Å². The van der Waals surface area contributed by atoms with Gasteiger partial charge in [0.05, 0.1) is 12.1 Å². The molecule has 0 bridgehead atoms. The standard InChI is InChI=1S/C22H44N6O6/c1-13(2)12-17(27-19(30)15(25)8-4-6-10-23)20(31)28-18(14(3)29)21(32)26-16(22(33)34)9-5-7-11-24/h13-18,29H,4-12,23-25H2,1-3H3,(H,26,32)(H,27,30)(H,28,31)(H,33,34). The molecule has 0 rings (SSSR count). The average molecular weight is 489 g/mol. The maximum Gasteiger partial charge on any atom is 0.326 e. The number of nitrogens with one attached hydrogen (secondary N) is 3. The molecule has 34 heavy (non-hydrogen) atoms. The highest BCUT2D eigenvalue weighted by molar-refractivity contribution is 5.94. The van der Waals surface area contributed by atoms with Crippen molar-refractivity contribution < 1.29 is 29.4 Å². The molecule has 5 atom stereocenters. The summed E-state index contributed by atoms with van der Waals surface area (Å²) in [7, 11) is 0. The molecule has 0 aliphatic rings. The number of carbonyl (C=O) groups excluding carboxylic acids is 3. The first-order chi connectivity index (χ1) is 15.9. The van der Waals surface area contributed by atoms with E-state index in [9.17, 15) is 29.4 Å². The number of aliphatic hydroxyl groups is 1. The third-order valence-electron chi connectivity index (χ3n) is 5.27. The molecule has 5 unspecified atom stereocenters. The number of aliphatic carboxylic acids is 1. The van der Waals surface area contributed by atoms with Crippen molar-refractivity contribution in [1.82, 2.24) is 16.0 Å². The van der Waals surface area contributed by atoms with E-state index in [1.54, 1.807) is 0 Å². The largest absolute Gasteiger partial charge is 0.480 e. The number of hydrogen-bond donors (Lipinski definition) is 8. The van der Waals surface area contributed by atoms with Gasteiger partial charge in [-0.15, -0.1) is 0 Å². The van der Waals surface area contributed by atoms with Gasteiger partial charge < -0.3 is 43.4 Å². The number of unbranched alkanes of at least 4 members (excludes halogenated alkanes) is 2. The Labute approximate surface area is 201 Å². The van der Waals surface area contributed by atoms with Gasteiger partial charge in [0.2, 0.25) is 17.7 Å². The van der Waals surface area contributed by atoms with E-state index >= 15 is 0 Å². The van der Waals surface area contributed by atoms with Crippen LogP contribution in [0, 0.1) is 5.92 Å². The minimum absolute atomic E-state index is 0.0299. The van der Waals surface area contributed by atoms with Gasteiger partial charge in [0.15, 0.2) is 0 Å². The quantitative estimate of drug-likeness (QED) is 0.105. The van der Waals surface area contributed by atoms with Crippen molar-refractivity contribution in [2.45, 2.75) is 96.0 Å². The fourth-order valence-electron chi connectivity index (χ4n) is 3.29. The Morgan fingerprint density at radius 2 is 1.29 bits per heavy atom. The molecule has 0 spiro atoms. The minimum Gasteiger partial charge on any atom is -0.480 e. The van der Waals surface area contributed by atoms with Crippen LogP contribution in [0.3, 0.4) is 0 Å². The molecule has 12 nitrogen and oxygen atoms in total. The summed E-state index contributed by atoms with van der Waals surface area (Å²) >= 11 is 0. The summed E-state index contributed by atoms with van der Waals surface area (Å²) < 4.78 is 0. The van der Waals surface area contributed by atoms with Crippen molar-refractivity contribution in [2.24, 2.45) is 23.1 Å². The molecule has 0 aliphatic heterocycles. The molecule has 0 aromatic heterocycles. The molecule has 11 N–H and O–H groups in total. The smallest absolute Gasteiger partial charge is 0.326 e. The first-order valence-corrected chi connectivity index (χ1v) is 11.9. The number of aliphatic hydroxyl groups excluding tert-OH is 1. The summed E-state index contributed by atoms with van der Waals surface area (Å²) in [6, 6.07) is -4.39. The Balaban J connectivity index is 5.29. The van der Waals surface area contributed by atoms with Crippen molar-refractivity contribution in [3.63, 3.8) is 0 Å². The van der Waals surface area contributed by atoms with Crippen LogP contribution >= 0.6 is 0 Å². The predicted octanol–water partition coefficient (Wildman–Crippen LogP) is -1.46. The normalized spacial score (nSPS) is 15.6. The van der Waals surface area contributed by atoms with E-state index in [4.69, 9.17) is 17.2 Å². The van der Waals surface area contributed by atoms with Gasteiger partial charge in [-0.05, 0) is 64.5 Å². The maximum atomic E-state index is 12.9.